The Labute approximate surface area is 137 Å². The average molecular weight is 331 g/mol. The molecule has 1 aromatic carbocycles. The summed E-state index contributed by atoms with van der Waals surface area (Å²) in [6.45, 7) is 2.20. The monoisotopic (exact) mass is 330 g/mol. The maximum absolute atomic E-state index is 13.7. The van der Waals surface area contributed by atoms with Crippen LogP contribution in [-0.4, -0.2) is 18.6 Å². The van der Waals surface area contributed by atoms with Crippen LogP contribution in [0.2, 0.25) is 0 Å². The van der Waals surface area contributed by atoms with Crippen molar-refractivity contribution in [1.82, 2.24) is 0 Å². The topological polar surface area (TPSA) is 64.3 Å². The lowest BCUT2D eigenvalue weighted by atomic mass is 9.83. The fraction of sp³-hybridized carbons (Fsp3) is 0.562. The molecule has 4 nitrogen and oxygen atoms in total. The van der Waals surface area contributed by atoms with Crippen molar-refractivity contribution in [3.63, 3.8) is 0 Å². The maximum Gasteiger partial charge on any atom is 0.224 e. The molecule has 0 aliphatic heterocycles. The third kappa shape index (κ3) is 5.14. The van der Waals surface area contributed by atoms with Gasteiger partial charge < -0.3 is 15.8 Å². The van der Waals surface area contributed by atoms with Crippen molar-refractivity contribution in [2.75, 3.05) is 11.9 Å². The van der Waals surface area contributed by atoms with Crippen molar-refractivity contribution in [3.05, 3.63) is 24.0 Å². The molecule has 6 heteroatoms. The molecule has 0 aromatic heterocycles. The number of nitrogens with two attached hydrogens (primary N) is 1. The minimum atomic E-state index is -0.469. The van der Waals surface area contributed by atoms with E-state index in [1.54, 1.807) is 13.0 Å². The molecule has 2 atom stereocenters. The number of carbonyl (C=O) groups excluding carboxylic acids is 1. The van der Waals surface area contributed by atoms with E-state index in [0.717, 1.165) is 25.7 Å². The standard InChI is InChI=1S/C16H23FN2O2.ClH/c1-2-21-15-8-7-12(10-13(15)17)19-16(20)9-11-5-3-4-6-14(11)18;/h7-8,10-11,14H,2-6,9,18H2,1H3,(H,19,20);1H. The van der Waals surface area contributed by atoms with Gasteiger partial charge in [-0.25, -0.2) is 4.39 Å². The zero-order chi connectivity index (χ0) is 15.2. The second-order valence-electron chi connectivity index (χ2n) is 5.54. The molecule has 2 rings (SSSR count). The van der Waals surface area contributed by atoms with Crippen molar-refractivity contribution >= 4 is 24.0 Å². The molecule has 1 aromatic rings. The second-order valence-corrected chi connectivity index (χ2v) is 5.54. The molecule has 1 fully saturated rings. The van der Waals surface area contributed by atoms with Crippen molar-refractivity contribution < 1.29 is 13.9 Å². The van der Waals surface area contributed by atoms with E-state index in [9.17, 15) is 9.18 Å². The number of nitrogens with one attached hydrogen (secondary N) is 1. The molecule has 0 bridgehead atoms. The van der Waals surface area contributed by atoms with Crippen LogP contribution in [0.25, 0.3) is 0 Å². The summed E-state index contributed by atoms with van der Waals surface area (Å²) in [7, 11) is 0. The molecule has 0 radical (unpaired) electrons. The largest absolute Gasteiger partial charge is 0.491 e. The van der Waals surface area contributed by atoms with Crippen molar-refractivity contribution in [2.24, 2.45) is 11.7 Å². The second kappa shape index (κ2) is 8.96. The van der Waals surface area contributed by atoms with Gasteiger partial charge in [0.2, 0.25) is 5.91 Å². The molecule has 2 unspecified atom stereocenters. The van der Waals surface area contributed by atoms with E-state index >= 15 is 0 Å². The van der Waals surface area contributed by atoms with E-state index in [-0.39, 0.29) is 36.0 Å². The Morgan fingerprint density at radius 1 is 1.41 bits per heavy atom. The number of hydrogen-bond donors (Lipinski definition) is 2. The fourth-order valence-corrected chi connectivity index (χ4v) is 2.79. The Kier molecular flexibility index (Phi) is 7.62. The van der Waals surface area contributed by atoms with Gasteiger partial charge in [-0.3, -0.25) is 4.79 Å². The van der Waals surface area contributed by atoms with E-state index in [1.165, 1.54) is 12.1 Å². The quantitative estimate of drug-likeness (QED) is 0.868. The minimum Gasteiger partial charge on any atom is -0.491 e. The van der Waals surface area contributed by atoms with Gasteiger partial charge in [-0.2, -0.15) is 0 Å². The first-order chi connectivity index (χ1) is 10.1. The first-order valence-electron chi connectivity index (χ1n) is 7.58. The summed E-state index contributed by atoms with van der Waals surface area (Å²) < 4.78 is 18.8. The fourth-order valence-electron chi connectivity index (χ4n) is 2.79. The lowest BCUT2D eigenvalue weighted by Crippen LogP contribution is -2.35. The van der Waals surface area contributed by atoms with Gasteiger partial charge >= 0.3 is 0 Å². The SMILES string of the molecule is CCOc1ccc(NC(=O)CC2CCCCC2N)cc1F.Cl. The lowest BCUT2D eigenvalue weighted by molar-refractivity contribution is -0.117. The Bertz CT molecular complexity index is 499. The summed E-state index contributed by atoms with van der Waals surface area (Å²) in [6, 6.07) is 4.55. The summed E-state index contributed by atoms with van der Waals surface area (Å²) in [5.41, 5.74) is 6.49. The molecule has 1 saturated carbocycles. The van der Waals surface area contributed by atoms with Gasteiger partial charge in [0.25, 0.3) is 0 Å². The Morgan fingerprint density at radius 3 is 2.77 bits per heavy atom. The number of halogens is 2. The van der Waals surface area contributed by atoms with Crippen LogP contribution >= 0.6 is 12.4 Å². The zero-order valence-electron chi connectivity index (χ0n) is 12.8. The molecule has 1 amide bonds. The number of anilines is 1. The molecule has 0 saturated heterocycles. The van der Waals surface area contributed by atoms with Crippen LogP contribution in [0.5, 0.6) is 5.75 Å². The molecule has 3 N–H and O–H groups in total. The van der Waals surface area contributed by atoms with Crippen LogP contribution in [0.1, 0.15) is 39.0 Å². The number of hydrogen-bond acceptors (Lipinski definition) is 3. The van der Waals surface area contributed by atoms with Gasteiger partial charge in [-0.05, 0) is 37.8 Å². The number of rotatable bonds is 5. The van der Waals surface area contributed by atoms with Crippen molar-refractivity contribution in [2.45, 2.75) is 45.1 Å². The highest BCUT2D eigenvalue weighted by Gasteiger charge is 2.24. The normalized spacial score (nSPS) is 20.9. The number of carbonyl (C=O) groups is 1. The highest BCUT2D eigenvalue weighted by molar-refractivity contribution is 5.91. The summed E-state index contributed by atoms with van der Waals surface area (Å²) in [5.74, 6) is -0.152. The summed E-state index contributed by atoms with van der Waals surface area (Å²) in [6.07, 6.45) is 4.64. The Balaban J connectivity index is 0.00000242. The highest BCUT2D eigenvalue weighted by atomic mass is 35.5. The molecule has 1 aliphatic carbocycles. The van der Waals surface area contributed by atoms with E-state index in [0.29, 0.717) is 18.7 Å². The van der Waals surface area contributed by atoms with E-state index in [4.69, 9.17) is 10.5 Å². The van der Waals surface area contributed by atoms with Crippen LogP contribution in [0.3, 0.4) is 0 Å². The van der Waals surface area contributed by atoms with Gasteiger partial charge in [0.05, 0.1) is 6.61 Å². The summed E-state index contributed by atoms with van der Waals surface area (Å²) in [5, 5.41) is 2.73. The zero-order valence-corrected chi connectivity index (χ0v) is 13.6. The summed E-state index contributed by atoms with van der Waals surface area (Å²) in [4.78, 5) is 12.0. The Hall–Kier alpha value is -1.33. The molecule has 0 spiro atoms. The van der Waals surface area contributed by atoms with E-state index in [2.05, 4.69) is 5.32 Å². The molecule has 1 aliphatic rings. The van der Waals surface area contributed by atoms with Gasteiger partial charge in [-0.1, -0.05) is 12.8 Å². The van der Waals surface area contributed by atoms with Crippen LogP contribution in [0.4, 0.5) is 10.1 Å². The van der Waals surface area contributed by atoms with Gasteiger partial charge in [0, 0.05) is 24.2 Å². The number of ether oxygens (including phenoxy) is 1. The van der Waals surface area contributed by atoms with Crippen molar-refractivity contribution in [1.29, 1.82) is 0 Å². The molecule has 0 heterocycles. The van der Waals surface area contributed by atoms with E-state index < -0.39 is 5.82 Å². The first kappa shape index (κ1) is 18.7. The Morgan fingerprint density at radius 2 is 2.14 bits per heavy atom. The minimum absolute atomic E-state index is 0. The maximum atomic E-state index is 13.7. The first-order valence-corrected chi connectivity index (χ1v) is 7.58. The smallest absolute Gasteiger partial charge is 0.224 e. The number of benzene rings is 1. The predicted molar refractivity (Wildman–Crippen MR) is 88.0 cm³/mol. The third-order valence-corrected chi connectivity index (χ3v) is 3.93. The number of amides is 1. The molecule has 22 heavy (non-hydrogen) atoms. The molecule has 124 valence electrons. The summed E-state index contributed by atoms with van der Waals surface area (Å²) >= 11 is 0. The van der Waals surface area contributed by atoms with Gasteiger partial charge in [-0.15, -0.1) is 12.4 Å². The third-order valence-electron chi connectivity index (χ3n) is 3.93. The predicted octanol–water partition coefficient (Wildman–Crippen LogP) is 3.49. The van der Waals surface area contributed by atoms with Crippen LogP contribution < -0.4 is 15.8 Å². The molecular formula is C16H24ClFN2O2. The van der Waals surface area contributed by atoms with Crippen molar-refractivity contribution in [3.8, 4) is 5.75 Å². The van der Waals surface area contributed by atoms with E-state index in [1.807, 2.05) is 0 Å². The lowest BCUT2D eigenvalue weighted by Gasteiger charge is -2.27. The highest BCUT2D eigenvalue weighted by Crippen LogP contribution is 2.26. The van der Waals surface area contributed by atoms with Crippen LogP contribution in [-0.2, 0) is 4.79 Å². The van der Waals surface area contributed by atoms with Crippen LogP contribution in [0, 0.1) is 11.7 Å². The van der Waals surface area contributed by atoms with Gasteiger partial charge in [0.1, 0.15) is 0 Å². The molecular weight excluding hydrogens is 307 g/mol. The van der Waals surface area contributed by atoms with Crippen LogP contribution in [0.15, 0.2) is 18.2 Å². The van der Waals surface area contributed by atoms with Gasteiger partial charge in [0.15, 0.2) is 11.6 Å². The average Bonchev–Trinajstić information content (AvgIpc) is 2.44.